The maximum absolute atomic E-state index is 12.2. The normalized spacial score (nSPS) is 12.0. The van der Waals surface area contributed by atoms with Gasteiger partial charge in [0.05, 0.1) is 6.54 Å². The molecule has 122 valence electrons. The summed E-state index contributed by atoms with van der Waals surface area (Å²) in [5, 5.41) is 5.81. The highest BCUT2D eigenvalue weighted by molar-refractivity contribution is 5.92. The fraction of sp³-hybridized carbons (Fsp3) is 0.529. The lowest BCUT2D eigenvalue weighted by Gasteiger charge is -2.18. The summed E-state index contributed by atoms with van der Waals surface area (Å²) < 4.78 is 0. The molecule has 1 atom stereocenters. The van der Waals surface area contributed by atoms with Crippen molar-refractivity contribution in [1.29, 1.82) is 0 Å². The van der Waals surface area contributed by atoms with E-state index in [1.165, 1.54) is 0 Å². The molecule has 0 bridgehead atoms. The second-order valence-corrected chi connectivity index (χ2v) is 5.74. The van der Waals surface area contributed by atoms with Crippen LogP contribution in [0.4, 0.5) is 5.69 Å². The van der Waals surface area contributed by atoms with Gasteiger partial charge in [-0.2, -0.15) is 0 Å². The molecule has 1 aromatic rings. The molecular weight excluding hydrogens is 278 g/mol. The van der Waals surface area contributed by atoms with Gasteiger partial charge in [0.25, 0.3) is 11.8 Å². The quantitative estimate of drug-likeness (QED) is 0.659. The molecule has 0 radical (unpaired) electrons. The minimum Gasteiger partial charge on any atom is -0.349 e. The molecule has 0 saturated heterocycles. The van der Waals surface area contributed by atoms with Gasteiger partial charge in [0.15, 0.2) is 13.1 Å². The van der Waals surface area contributed by atoms with Crippen molar-refractivity contribution in [2.75, 3.05) is 25.0 Å². The lowest BCUT2D eigenvalue weighted by atomic mass is 10.1. The Morgan fingerprint density at radius 3 is 2.32 bits per heavy atom. The first-order chi connectivity index (χ1) is 10.5. The van der Waals surface area contributed by atoms with Gasteiger partial charge in [-0.25, -0.2) is 0 Å². The van der Waals surface area contributed by atoms with Crippen LogP contribution in [-0.4, -0.2) is 37.5 Å². The lowest BCUT2D eigenvalue weighted by Crippen LogP contribution is -3.14. The van der Waals surface area contributed by atoms with Crippen molar-refractivity contribution in [3.8, 4) is 0 Å². The number of para-hydroxylation sites is 1. The SMILES string of the molecule is CCc1ccccc1NC(=O)C[NH+](CC)CC(=O)NC(C)C. The Kier molecular flexibility index (Phi) is 7.60. The summed E-state index contributed by atoms with van der Waals surface area (Å²) in [4.78, 5) is 24.9. The highest BCUT2D eigenvalue weighted by atomic mass is 16.2. The number of quaternary nitrogens is 1. The third kappa shape index (κ3) is 6.26. The number of amides is 2. The van der Waals surface area contributed by atoms with Gasteiger partial charge >= 0.3 is 0 Å². The van der Waals surface area contributed by atoms with E-state index in [1.54, 1.807) is 0 Å². The van der Waals surface area contributed by atoms with Gasteiger partial charge in [-0.3, -0.25) is 9.59 Å². The van der Waals surface area contributed by atoms with Crippen LogP contribution >= 0.6 is 0 Å². The number of likely N-dealkylation sites (N-methyl/N-ethyl adjacent to an activating group) is 1. The van der Waals surface area contributed by atoms with Crippen LogP contribution in [0, 0.1) is 0 Å². The number of benzene rings is 1. The Morgan fingerprint density at radius 1 is 1.09 bits per heavy atom. The van der Waals surface area contributed by atoms with Gasteiger partial charge in [0.1, 0.15) is 0 Å². The molecule has 0 aliphatic heterocycles. The summed E-state index contributed by atoms with van der Waals surface area (Å²) in [6, 6.07) is 7.92. The van der Waals surface area contributed by atoms with Crippen LogP contribution in [0.1, 0.15) is 33.3 Å². The second-order valence-electron chi connectivity index (χ2n) is 5.74. The predicted octanol–water partition coefficient (Wildman–Crippen LogP) is 0.617. The number of anilines is 1. The van der Waals surface area contributed by atoms with Gasteiger partial charge in [-0.1, -0.05) is 25.1 Å². The van der Waals surface area contributed by atoms with Crippen molar-refractivity contribution in [2.45, 2.75) is 40.2 Å². The largest absolute Gasteiger partial charge is 0.349 e. The molecule has 0 heterocycles. The molecule has 3 N–H and O–H groups in total. The zero-order valence-corrected chi connectivity index (χ0v) is 14.0. The monoisotopic (exact) mass is 306 g/mol. The Balaban J connectivity index is 2.56. The highest BCUT2D eigenvalue weighted by Gasteiger charge is 2.17. The van der Waals surface area contributed by atoms with Crippen molar-refractivity contribution in [2.24, 2.45) is 0 Å². The van der Waals surface area contributed by atoms with E-state index in [0.29, 0.717) is 13.1 Å². The number of carbonyl (C=O) groups is 2. The zero-order valence-electron chi connectivity index (χ0n) is 14.0. The van der Waals surface area contributed by atoms with Crippen LogP contribution < -0.4 is 15.5 Å². The molecule has 1 unspecified atom stereocenters. The summed E-state index contributed by atoms with van der Waals surface area (Å²) in [5.41, 5.74) is 1.98. The molecule has 22 heavy (non-hydrogen) atoms. The third-order valence-electron chi connectivity index (χ3n) is 3.44. The lowest BCUT2D eigenvalue weighted by molar-refractivity contribution is -0.881. The molecule has 0 fully saturated rings. The van der Waals surface area contributed by atoms with Crippen LogP contribution in [0.2, 0.25) is 0 Å². The molecule has 2 amide bonds. The second kappa shape index (κ2) is 9.20. The maximum atomic E-state index is 12.2. The molecule has 0 aliphatic carbocycles. The number of rotatable bonds is 8. The minimum atomic E-state index is -0.0601. The van der Waals surface area contributed by atoms with E-state index in [9.17, 15) is 9.59 Å². The topological polar surface area (TPSA) is 62.6 Å². The van der Waals surface area contributed by atoms with E-state index in [2.05, 4.69) is 17.6 Å². The van der Waals surface area contributed by atoms with Crippen molar-refractivity contribution < 1.29 is 14.5 Å². The summed E-state index contributed by atoms with van der Waals surface area (Å²) in [6.45, 7) is 9.23. The average molecular weight is 306 g/mol. The Bertz CT molecular complexity index is 500. The summed E-state index contributed by atoms with van der Waals surface area (Å²) in [6.07, 6.45) is 0.873. The zero-order chi connectivity index (χ0) is 16.5. The average Bonchev–Trinajstić information content (AvgIpc) is 2.46. The molecule has 0 saturated carbocycles. The Hall–Kier alpha value is -1.88. The summed E-state index contributed by atoms with van der Waals surface area (Å²) in [7, 11) is 0. The van der Waals surface area contributed by atoms with Gasteiger partial charge in [0, 0.05) is 11.7 Å². The van der Waals surface area contributed by atoms with E-state index in [1.807, 2.05) is 45.0 Å². The van der Waals surface area contributed by atoms with E-state index < -0.39 is 0 Å². The van der Waals surface area contributed by atoms with Crippen LogP contribution in [0.15, 0.2) is 24.3 Å². The molecule has 0 aromatic heterocycles. The predicted molar refractivity (Wildman–Crippen MR) is 89.0 cm³/mol. The summed E-state index contributed by atoms with van der Waals surface area (Å²) >= 11 is 0. The smallest absolute Gasteiger partial charge is 0.279 e. The van der Waals surface area contributed by atoms with Crippen molar-refractivity contribution in [3.63, 3.8) is 0 Å². The van der Waals surface area contributed by atoms with E-state index in [-0.39, 0.29) is 17.9 Å². The fourth-order valence-electron chi connectivity index (χ4n) is 2.28. The van der Waals surface area contributed by atoms with Gasteiger partial charge in [-0.15, -0.1) is 0 Å². The van der Waals surface area contributed by atoms with Crippen molar-refractivity contribution in [1.82, 2.24) is 5.32 Å². The van der Waals surface area contributed by atoms with Gasteiger partial charge in [0.2, 0.25) is 0 Å². The van der Waals surface area contributed by atoms with Crippen molar-refractivity contribution in [3.05, 3.63) is 29.8 Å². The van der Waals surface area contributed by atoms with E-state index in [0.717, 1.165) is 29.1 Å². The van der Waals surface area contributed by atoms with Crippen LogP contribution in [-0.2, 0) is 16.0 Å². The molecule has 5 nitrogen and oxygen atoms in total. The minimum absolute atomic E-state index is 0.0198. The van der Waals surface area contributed by atoms with Crippen molar-refractivity contribution >= 4 is 17.5 Å². The Morgan fingerprint density at radius 2 is 1.73 bits per heavy atom. The molecule has 0 aliphatic rings. The molecule has 1 aromatic carbocycles. The van der Waals surface area contributed by atoms with Crippen LogP contribution in [0.3, 0.4) is 0 Å². The number of hydrogen-bond acceptors (Lipinski definition) is 2. The number of aryl methyl sites for hydroxylation is 1. The first-order valence-corrected chi connectivity index (χ1v) is 7.96. The molecule has 0 spiro atoms. The number of carbonyl (C=O) groups excluding carboxylic acids is 2. The molecule has 5 heteroatoms. The Labute approximate surface area is 133 Å². The van der Waals surface area contributed by atoms with Crippen LogP contribution in [0.25, 0.3) is 0 Å². The van der Waals surface area contributed by atoms with E-state index in [4.69, 9.17) is 0 Å². The third-order valence-corrected chi connectivity index (χ3v) is 3.44. The molecular formula is C17H28N3O2+. The van der Waals surface area contributed by atoms with E-state index >= 15 is 0 Å². The standard InChI is InChI=1S/C17H27N3O2/c1-5-14-9-7-8-10-15(14)19-17(22)12-20(6-2)11-16(21)18-13(3)4/h7-10,13H,5-6,11-12H2,1-4H3,(H,18,21)(H,19,22)/p+1. The number of nitrogens with one attached hydrogen (secondary N) is 3. The maximum Gasteiger partial charge on any atom is 0.279 e. The van der Waals surface area contributed by atoms with Gasteiger partial charge in [-0.05, 0) is 38.8 Å². The molecule has 1 rings (SSSR count). The first-order valence-electron chi connectivity index (χ1n) is 7.96. The van der Waals surface area contributed by atoms with Crippen LogP contribution in [0.5, 0.6) is 0 Å². The fourth-order valence-corrected chi connectivity index (χ4v) is 2.28. The summed E-state index contributed by atoms with van der Waals surface area (Å²) in [5.74, 6) is -0.0799. The number of hydrogen-bond donors (Lipinski definition) is 3. The van der Waals surface area contributed by atoms with Gasteiger partial charge < -0.3 is 15.5 Å². The highest BCUT2D eigenvalue weighted by Crippen LogP contribution is 2.14. The first kappa shape index (κ1) is 18.2.